The van der Waals surface area contributed by atoms with Gasteiger partial charge in [0, 0.05) is 5.56 Å². The van der Waals surface area contributed by atoms with Gasteiger partial charge >= 0.3 is 20.2 Å². The summed E-state index contributed by atoms with van der Waals surface area (Å²) in [6, 6.07) is 22.2. The van der Waals surface area contributed by atoms with Crippen LogP contribution in [-0.2, 0) is 38.0 Å². The van der Waals surface area contributed by atoms with E-state index in [0.29, 0.717) is 21.6 Å². The first-order valence-corrected chi connectivity index (χ1v) is 17.8. The molecule has 1 atom stereocenters. The Morgan fingerprint density at radius 2 is 1.33 bits per heavy atom. The van der Waals surface area contributed by atoms with Gasteiger partial charge in [-0.2, -0.15) is 16.8 Å². The molecule has 0 bridgehead atoms. The molecule has 0 amide bonds. The number of ether oxygens (including phenoxy) is 3. The molecule has 1 unspecified atom stereocenters. The zero-order valence-corrected chi connectivity index (χ0v) is 26.5. The third-order valence-electron chi connectivity index (χ3n) is 6.07. The minimum atomic E-state index is -4.10. The predicted octanol–water partition coefficient (Wildman–Crippen LogP) is 5.03. The molecule has 10 nitrogen and oxygen atoms in total. The lowest BCUT2D eigenvalue weighted by molar-refractivity contribution is 0.296. The lowest BCUT2D eigenvalue weighted by Gasteiger charge is -2.21. The van der Waals surface area contributed by atoms with Crippen molar-refractivity contribution in [3.05, 3.63) is 84.4 Å². The first-order valence-electron chi connectivity index (χ1n) is 12.6. The van der Waals surface area contributed by atoms with E-state index in [9.17, 15) is 21.4 Å². The normalized spacial score (nSPS) is 12.3. The van der Waals surface area contributed by atoms with Crippen molar-refractivity contribution in [2.24, 2.45) is 0 Å². The summed E-state index contributed by atoms with van der Waals surface area (Å²) >= 11 is -1.20. The van der Waals surface area contributed by atoms with Crippen LogP contribution in [0.3, 0.4) is 0 Å². The molecule has 0 fully saturated rings. The van der Waals surface area contributed by atoms with Gasteiger partial charge in [0.1, 0.15) is 18.6 Å². The number of hydrogen-bond donors (Lipinski definition) is 0. The van der Waals surface area contributed by atoms with E-state index in [1.165, 1.54) is 26.4 Å². The maximum absolute atomic E-state index is 12.5. The molecule has 0 radical (unpaired) electrons. The highest BCUT2D eigenvalue weighted by Crippen LogP contribution is 2.51. The van der Waals surface area contributed by atoms with Gasteiger partial charge < -0.3 is 27.1 Å². The van der Waals surface area contributed by atoms with E-state index < -0.39 is 31.4 Å². The van der Waals surface area contributed by atoms with Gasteiger partial charge in [0.2, 0.25) is 0 Å². The second-order valence-electron chi connectivity index (χ2n) is 9.35. The van der Waals surface area contributed by atoms with Crippen LogP contribution in [0.4, 0.5) is 0 Å². The van der Waals surface area contributed by atoms with Crippen LogP contribution in [0.2, 0.25) is 0 Å². The van der Waals surface area contributed by atoms with Crippen molar-refractivity contribution in [1.29, 1.82) is 0 Å². The third kappa shape index (κ3) is 8.14. The quantitative estimate of drug-likeness (QED) is 0.152. The molecule has 4 aromatic rings. The van der Waals surface area contributed by atoms with Crippen LogP contribution in [0.15, 0.2) is 83.8 Å². The molecule has 43 heavy (non-hydrogen) atoms. The molecule has 228 valence electrons. The van der Waals surface area contributed by atoms with E-state index in [2.05, 4.69) is 0 Å². The van der Waals surface area contributed by atoms with Crippen molar-refractivity contribution >= 4 is 31.4 Å². The molecule has 0 saturated carbocycles. The molecular formula is C30H30O10S3. The van der Waals surface area contributed by atoms with Crippen LogP contribution >= 0.6 is 0 Å². The second kappa shape index (κ2) is 13.2. The first-order chi connectivity index (χ1) is 20.3. The Kier molecular flexibility index (Phi) is 9.80. The molecular weight excluding hydrogens is 617 g/mol. The van der Waals surface area contributed by atoms with Crippen molar-refractivity contribution in [2.75, 3.05) is 33.0 Å². The lowest BCUT2D eigenvalue weighted by atomic mass is 9.96. The Hall–Kier alpha value is -3.91. The van der Waals surface area contributed by atoms with Crippen LogP contribution < -0.4 is 22.6 Å². The van der Waals surface area contributed by atoms with Crippen molar-refractivity contribution in [2.45, 2.75) is 11.5 Å². The Morgan fingerprint density at radius 3 is 1.88 bits per heavy atom. The maximum Gasteiger partial charge on any atom is 0.306 e. The molecule has 0 aliphatic carbocycles. The first kappa shape index (κ1) is 32.0. The second-order valence-corrected chi connectivity index (χ2v) is 13.9. The molecule has 4 aromatic carbocycles. The van der Waals surface area contributed by atoms with Gasteiger partial charge in [0.15, 0.2) is 27.9 Å². The fourth-order valence-electron chi connectivity index (χ4n) is 4.27. The molecule has 13 heteroatoms. The average molecular weight is 647 g/mol. The summed E-state index contributed by atoms with van der Waals surface area (Å²) in [6.07, 6.45) is 3.35. The highest BCUT2D eigenvalue weighted by Gasteiger charge is 2.27. The minimum absolute atomic E-state index is 0.0709. The monoisotopic (exact) mass is 646 g/mol. The van der Waals surface area contributed by atoms with Crippen LogP contribution in [0.25, 0.3) is 22.3 Å². The summed E-state index contributed by atoms with van der Waals surface area (Å²) in [5, 5.41) is 0. The third-order valence-corrected chi connectivity index (χ3v) is 7.95. The number of benzene rings is 4. The highest BCUT2D eigenvalue weighted by molar-refractivity contribution is 7.90. The van der Waals surface area contributed by atoms with Gasteiger partial charge in [-0.05, 0) is 70.3 Å². The van der Waals surface area contributed by atoms with E-state index in [4.69, 9.17) is 22.6 Å². The van der Waals surface area contributed by atoms with Gasteiger partial charge in [0.25, 0.3) is 0 Å². The van der Waals surface area contributed by atoms with Gasteiger partial charge in [-0.15, -0.1) is 0 Å². The van der Waals surface area contributed by atoms with Crippen LogP contribution in [0.5, 0.6) is 28.7 Å². The fourth-order valence-corrected chi connectivity index (χ4v) is 5.71. The van der Waals surface area contributed by atoms with E-state index in [0.717, 1.165) is 18.1 Å². The van der Waals surface area contributed by atoms with Gasteiger partial charge in [-0.25, -0.2) is 0 Å². The van der Waals surface area contributed by atoms with E-state index in [-0.39, 0.29) is 40.9 Å². The maximum atomic E-state index is 12.5. The van der Waals surface area contributed by atoms with Crippen molar-refractivity contribution in [3.63, 3.8) is 0 Å². The van der Waals surface area contributed by atoms with Crippen molar-refractivity contribution in [3.8, 4) is 51.0 Å². The zero-order valence-electron chi connectivity index (χ0n) is 24.0. The molecule has 0 N–H and O–H groups in total. The summed E-state index contributed by atoms with van der Waals surface area (Å²) in [6.45, 7) is 0.138. The molecule has 0 aliphatic heterocycles. The standard InChI is InChI=1S/C30H30O10S3/c1-36-27-18-24(21-11-14-23(15-12-21)41(3)31)29(37-2)30(40-43(5,34)35)28(27)22-13-16-25(26(17-22)39-42(4,32)33)38-19-20-9-7-6-8-10-20/h6-18H,19H2,1-5H3. The highest BCUT2D eigenvalue weighted by atomic mass is 32.2. The zero-order chi connectivity index (χ0) is 31.4. The minimum Gasteiger partial charge on any atom is -0.612 e. The van der Waals surface area contributed by atoms with Crippen LogP contribution in [0.1, 0.15) is 5.56 Å². The fraction of sp³-hybridized carbons (Fsp3) is 0.200. The van der Waals surface area contributed by atoms with E-state index in [1.54, 1.807) is 42.7 Å². The molecule has 0 spiro atoms. The Labute approximate surface area is 254 Å². The average Bonchev–Trinajstić information content (AvgIpc) is 2.95. The topological polar surface area (TPSA) is 137 Å². The lowest BCUT2D eigenvalue weighted by Crippen LogP contribution is -2.10. The number of methoxy groups -OCH3 is 2. The predicted molar refractivity (Wildman–Crippen MR) is 164 cm³/mol. The van der Waals surface area contributed by atoms with Gasteiger partial charge in [-0.1, -0.05) is 36.4 Å². The summed E-state index contributed by atoms with van der Waals surface area (Å²) < 4.78 is 89.2. The molecule has 0 aliphatic rings. The number of rotatable bonds is 12. The molecule has 0 heterocycles. The van der Waals surface area contributed by atoms with E-state index in [1.807, 2.05) is 30.3 Å². The van der Waals surface area contributed by atoms with Crippen molar-refractivity contribution in [1.82, 2.24) is 0 Å². The molecule has 0 saturated heterocycles. The van der Waals surface area contributed by atoms with Gasteiger partial charge in [0.05, 0.1) is 32.3 Å². The van der Waals surface area contributed by atoms with Crippen LogP contribution in [0, 0.1) is 0 Å². The summed E-state index contributed by atoms with van der Waals surface area (Å²) in [4.78, 5) is 0.604. The Morgan fingerprint density at radius 1 is 0.698 bits per heavy atom. The Bertz CT molecular complexity index is 1800. The smallest absolute Gasteiger partial charge is 0.306 e. The summed E-state index contributed by atoms with van der Waals surface area (Å²) in [5.41, 5.74) is 2.35. The molecule has 4 rings (SSSR count). The molecule has 0 aromatic heterocycles. The van der Waals surface area contributed by atoms with Gasteiger partial charge in [-0.3, -0.25) is 0 Å². The summed E-state index contributed by atoms with van der Waals surface area (Å²) in [7, 11) is -5.33. The number of hydrogen-bond acceptors (Lipinski definition) is 10. The van der Waals surface area contributed by atoms with E-state index >= 15 is 0 Å². The Balaban J connectivity index is 1.92. The van der Waals surface area contributed by atoms with Crippen molar-refractivity contribution < 1.29 is 44.0 Å². The summed E-state index contributed by atoms with van der Waals surface area (Å²) in [5.74, 6) is 0.0854. The SMILES string of the molecule is COc1cc(-c2ccc([S+](C)[O-])cc2)c(OC)c(OS(C)(=O)=O)c1-c1ccc(OCc2ccccc2)c(OS(C)(=O)=O)c1. The largest absolute Gasteiger partial charge is 0.612 e. The van der Waals surface area contributed by atoms with Crippen LogP contribution in [-0.4, -0.2) is 54.4 Å².